The Labute approximate surface area is 176 Å². The molecule has 0 bridgehead atoms. The van der Waals surface area contributed by atoms with Crippen LogP contribution in [0.1, 0.15) is 22.3 Å². The minimum absolute atomic E-state index is 0. The van der Waals surface area contributed by atoms with Crippen molar-refractivity contribution in [3.63, 3.8) is 0 Å². The zero-order valence-electron chi connectivity index (χ0n) is 16.3. The third-order valence-electron chi connectivity index (χ3n) is 5.39. The van der Waals surface area contributed by atoms with Gasteiger partial charge in [0.2, 0.25) is 0 Å². The predicted molar refractivity (Wildman–Crippen MR) is 110 cm³/mol. The molecule has 0 fully saturated rings. The van der Waals surface area contributed by atoms with Gasteiger partial charge in [-0.05, 0) is 20.5 Å². The molecule has 0 radical (unpaired) electrons. The summed E-state index contributed by atoms with van der Waals surface area (Å²) in [6.07, 6.45) is 0. The smallest absolute Gasteiger partial charge is 1.00 e. The van der Waals surface area contributed by atoms with E-state index in [-0.39, 0.29) is 39.0 Å². The Morgan fingerprint density at radius 2 is 0.963 bits per heavy atom. The Morgan fingerprint density at radius 1 is 0.630 bits per heavy atom. The number of hydrogen-bond acceptors (Lipinski definition) is 0. The number of aryl methyl sites for hydroxylation is 4. The average molecular weight is 416 g/mol. The molecule has 27 heavy (non-hydrogen) atoms. The molecule has 0 N–H and O–H groups in total. The third kappa shape index (κ3) is 3.95. The molecule has 4 aromatic rings. The van der Waals surface area contributed by atoms with Crippen molar-refractivity contribution in [2.24, 2.45) is 0 Å². The van der Waals surface area contributed by atoms with Crippen LogP contribution in [0.5, 0.6) is 0 Å². The molecule has 0 amide bonds. The summed E-state index contributed by atoms with van der Waals surface area (Å²) in [7, 11) is -0.314. The van der Waals surface area contributed by atoms with Crippen LogP contribution in [-0.2, 0) is 21.7 Å². The van der Waals surface area contributed by atoms with E-state index in [1.165, 1.54) is 54.4 Å². The van der Waals surface area contributed by atoms with Gasteiger partial charge in [-0.3, -0.25) is 0 Å². The van der Waals surface area contributed by atoms with Gasteiger partial charge in [0, 0.05) is 0 Å². The van der Waals surface area contributed by atoms with Gasteiger partial charge in [0.1, 0.15) is 0 Å². The van der Waals surface area contributed by atoms with E-state index >= 15 is 0 Å². The molecule has 0 aliphatic heterocycles. The van der Waals surface area contributed by atoms with Crippen LogP contribution in [0.25, 0.3) is 21.5 Å². The molecule has 0 aromatic heterocycles. The second-order valence-electron chi connectivity index (χ2n) is 7.04. The third-order valence-corrected chi connectivity index (χ3v) is 7.46. The first-order valence-corrected chi connectivity index (χ1v) is 10.3. The Balaban J connectivity index is 0.00000121. The predicted octanol–water partition coefficient (Wildman–Crippen LogP) is -0.268. The van der Waals surface area contributed by atoms with Crippen molar-refractivity contribution in [3.8, 4) is 0 Å². The normalized spacial score (nSPS) is 10.6. The minimum atomic E-state index is -0.314. The van der Waals surface area contributed by atoms with Crippen molar-refractivity contribution < 1.29 is 31.1 Å². The van der Waals surface area contributed by atoms with Crippen LogP contribution >= 0.6 is 7.92 Å². The molecule has 0 saturated heterocycles. The van der Waals surface area contributed by atoms with Gasteiger partial charge in [-0.15, -0.1) is 67.5 Å². The Hall–Kier alpha value is -1.34. The van der Waals surface area contributed by atoms with E-state index in [9.17, 15) is 0 Å². The maximum atomic E-state index is 2.42. The van der Waals surface area contributed by atoms with Crippen LogP contribution in [-0.4, -0.2) is 6.66 Å². The second kappa shape index (κ2) is 8.78. The van der Waals surface area contributed by atoms with E-state index < -0.39 is 0 Å². The largest absolute Gasteiger partial charge is 4.00 e. The van der Waals surface area contributed by atoms with Crippen LogP contribution < -0.4 is 20.0 Å². The summed E-state index contributed by atoms with van der Waals surface area (Å²) in [5.41, 5.74) is 5.52. The molecule has 0 nitrogen and oxygen atoms in total. The van der Waals surface area contributed by atoms with E-state index in [2.05, 4.69) is 82.9 Å². The van der Waals surface area contributed by atoms with Crippen LogP contribution in [0.2, 0.25) is 0 Å². The monoisotopic (exact) mass is 416 g/mol. The molecule has 0 spiro atoms. The Bertz CT molecular complexity index is 911. The van der Waals surface area contributed by atoms with Crippen LogP contribution in [0, 0.1) is 27.7 Å². The minimum Gasteiger partial charge on any atom is -1.00 e. The second-order valence-corrected chi connectivity index (χ2v) is 9.19. The zero-order valence-corrected chi connectivity index (χ0v) is 18.8. The summed E-state index contributed by atoms with van der Waals surface area (Å²) in [5, 5.41) is 8.65. The Morgan fingerprint density at radius 3 is 1.30 bits per heavy atom. The SMILES string of the molecule is Cc1ccc(C)c2[cH-]c(P(C)c3cc4c(C)ccc(C)c4[cH-]3)cc12.[F-].[F-].[Ti+4]. The molecule has 0 aliphatic rings. The summed E-state index contributed by atoms with van der Waals surface area (Å²) in [5.74, 6) is 0. The van der Waals surface area contributed by atoms with Gasteiger partial charge in [0.25, 0.3) is 0 Å². The quantitative estimate of drug-likeness (QED) is 0.240. The molecule has 0 aliphatic carbocycles. The van der Waals surface area contributed by atoms with Crippen LogP contribution in [0.4, 0.5) is 0 Å². The van der Waals surface area contributed by atoms with E-state index in [1.54, 1.807) is 0 Å². The molecule has 0 heterocycles. The molecule has 4 rings (SSSR count). The van der Waals surface area contributed by atoms with Gasteiger partial charge in [0.15, 0.2) is 0 Å². The van der Waals surface area contributed by atoms with Crippen molar-refractivity contribution in [2.75, 3.05) is 6.66 Å². The van der Waals surface area contributed by atoms with Gasteiger partial charge in [-0.2, -0.15) is 12.1 Å². The Kier molecular flexibility index (Phi) is 7.71. The fourth-order valence-electron chi connectivity index (χ4n) is 3.69. The van der Waals surface area contributed by atoms with Gasteiger partial charge in [-0.25, -0.2) is 0 Å². The molecule has 4 heteroatoms. The fraction of sp³-hybridized carbons (Fsp3) is 0.217. The van der Waals surface area contributed by atoms with Gasteiger partial charge >= 0.3 is 21.7 Å². The standard InChI is InChI=1S/C23H23P.2FH.Ti/c1-14-6-7-15(2)21-11-18(10-20(14)21)24(5)19-12-22-16(3)8-9-17(4)23(22)13-19;;;/h6-13H,1-5H3;2*1H;/q-2;;;+4/p-2. The summed E-state index contributed by atoms with van der Waals surface area (Å²) >= 11 is 0. The average Bonchev–Trinajstić information content (AvgIpc) is 3.20. The molecule has 0 unspecified atom stereocenters. The summed E-state index contributed by atoms with van der Waals surface area (Å²) in [6, 6.07) is 18.6. The van der Waals surface area contributed by atoms with E-state index in [1.807, 2.05) is 0 Å². The van der Waals surface area contributed by atoms with Crippen molar-refractivity contribution in [2.45, 2.75) is 27.7 Å². The molecule has 0 atom stereocenters. The first-order chi connectivity index (χ1) is 11.5. The molecular weight excluding hydrogens is 393 g/mol. The van der Waals surface area contributed by atoms with Crippen molar-refractivity contribution in [1.29, 1.82) is 0 Å². The van der Waals surface area contributed by atoms with E-state index in [0.717, 1.165) is 0 Å². The van der Waals surface area contributed by atoms with Gasteiger partial charge in [-0.1, -0.05) is 45.0 Å². The summed E-state index contributed by atoms with van der Waals surface area (Å²) < 4.78 is 0. The van der Waals surface area contributed by atoms with Crippen molar-refractivity contribution in [3.05, 3.63) is 70.8 Å². The molecular formula is C23H23F2PTi. The topological polar surface area (TPSA) is 0 Å². The van der Waals surface area contributed by atoms with Gasteiger partial charge in [0.05, 0.1) is 0 Å². The van der Waals surface area contributed by atoms with Crippen molar-refractivity contribution in [1.82, 2.24) is 0 Å². The number of benzene rings is 2. The molecule has 0 saturated carbocycles. The fourth-order valence-corrected chi connectivity index (χ4v) is 5.28. The van der Waals surface area contributed by atoms with Gasteiger partial charge < -0.3 is 9.41 Å². The van der Waals surface area contributed by atoms with Crippen LogP contribution in [0.3, 0.4) is 0 Å². The number of rotatable bonds is 2. The first-order valence-electron chi connectivity index (χ1n) is 8.53. The summed E-state index contributed by atoms with van der Waals surface area (Å²) in [6.45, 7) is 11.3. The number of halogens is 2. The zero-order chi connectivity index (χ0) is 17.0. The van der Waals surface area contributed by atoms with Crippen molar-refractivity contribution >= 4 is 40.1 Å². The number of fused-ring (bicyclic) bond motifs is 2. The summed E-state index contributed by atoms with van der Waals surface area (Å²) in [4.78, 5) is 0. The van der Waals surface area contributed by atoms with Crippen LogP contribution in [0.15, 0.2) is 48.5 Å². The number of hydrogen-bond donors (Lipinski definition) is 0. The maximum absolute atomic E-state index is 2.42. The molecule has 4 aromatic carbocycles. The first kappa shape index (κ1) is 23.7. The van der Waals surface area contributed by atoms with E-state index in [4.69, 9.17) is 0 Å². The molecule has 138 valence electrons. The maximum Gasteiger partial charge on any atom is 4.00 e. The van der Waals surface area contributed by atoms with E-state index in [0.29, 0.717) is 0 Å².